The fourth-order valence-electron chi connectivity index (χ4n) is 1.58. The highest BCUT2D eigenvalue weighted by molar-refractivity contribution is 7.15. The van der Waals surface area contributed by atoms with Gasteiger partial charge in [-0.15, -0.1) is 11.3 Å². The molecule has 1 aromatic heterocycles. The highest BCUT2D eigenvalue weighted by atomic mass is 32.1. The van der Waals surface area contributed by atoms with Gasteiger partial charge in [0.15, 0.2) is 0 Å². The van der Waals surface area contributed by atoms with E-state index in [1.807, 2.05) is 6.20 Å². The average molecular weight is 232 g/mol. The molecule has 0 saturated heterocycles. The number of hydrogen-bond acceptors (Lipinski definition) is 3. The van der Waals surface area contributed by atoms with Crippen molar-refractivity contribution < 1.29 is 0 Å². The fraction of sp³-hybridized carbons (Fsp3) is 0.308. The Kier molecular flexibility index (Phi) is 3.70. The minimum absolute atomic E-state index is 0.691. The molecule has 0 amide bonds. The Morgan fingerprint density at radius 1 is 1.25 bits per heavy atom. The normalized spacial score (nSPS) is 10.6. The molecule has 0 fully saturated rings. The smallest absolute Gasteiger partial charge is 0.123 e. The molecule has 0 aliphatic carbocycles. The van der Waals surface area contributed by atoms with Gasteiger partial charge in [-0.25, -0.2) is 4.98 Å². The molecule has 16 heavy (non-hydrogen) atoms. The molecule has 0 saturated carbocycles. The van der Waals surface area contributed by atoms with Crippen molar-refractivity contribution in [2.45, 2.75) is 19.8 Å². The molecule has 1 heterocycles. The first-order valence-electron chi connectivity index (χ1n) is 5.57. The standard InChI is InChI=1S/C13H16N2S/c1-2-10-3-5-11(6-4-10)13-15-9-12(16-13)7-8-14/h3-6,9H,2,7-8,14H2,1H3. The van der Waals surface area contributed by atoms with Crippen LogP contribution < -0.4 is 5.73 Å². The van der Waals surface area contributed by atoms with E-state index in [0.29, 0.717) is 6.54 Å². The topological polar surface area (TPSA) is 38.9 Å². The van der Waals surface area contributed by atoms with Crippen molar-refractivity contribution in [3.05, 3.63) is 40.9 Å². The molecule has 3 heteroatoms. The van der Waals surface area contributed by atoms with Crippen molar-refractivity contribution in [1.82, 2.24) is 4.98 Å². The maximum atomic E-state index is 5.53. The summed E-state index contributed by atoms with van der Waals surface area (Å²) < 4.78 is 0. The van der Waals surface area contributed by atoms with E-state index in [2.05, 4.69) is 36.2 Å². The second kappa shape index (κ2) is 5.23. The third-order valence-electron chi connectivity index (χ3n) is 2.55. The summed E-state index contributed by atoms with van der Waals surface area (Å²) in [4.78, 5) is 5.68. The SMILES string of the molecule is CCc1ccc(-c2ncc(CCN)s2)cc1. The lowest BCUT2D eigenvalue weighted by Gasteiger charge is -1.98. The predicted molar refractivity (Wildman–Crippen MR) is 69.7 cm³/mol. The van der Waals surface area contributed by atoms with Crippen LogP contribution in [-0.2, 0) is 12.8 Å². The van der Waals surface area contributed by atoms with E-state index in [1.54, 1.807) is 11.3 Å². The van der Waals surface area contributed by atoms with Crippen molar-refractivity contribution in [2.24, 2.45) is 5.73 Å². The molecule has 0 unspecified atom stereocenters. The zero-order chi connectivity index (χ0) is 11.4. The van der Waals surface area contributed by atoms with Crippen LogP contribution in [0.4, 0.5) is 0 Å². The van der Waals surface area contributed by atoms with E-state index in [0.717, 1.165) is 17.8 Å². The number of benzene rings is 1. The van der Waals surface area contributed by atoms with Crippen molar-refractivity contribution in [3.63, 3.8) is 0 Å². The van der Waals surface area contributed by atoms with Gasteiger partial charge in [0.05, 0.1) is 0 Å². The summed E-state index contributed by atoms with van der Waals surface area (Å²) in [6, 6.07) is 8.62. The summed E-state index contributed by atoms with van der Waals surface area (Å²) in [7, 11) is 0. The van der Waals surface area contributed by atoms with Crippen LogP contribution in [0.25, 0.3) is 10.6 Å². The second-order valence-corrected chi connectivity index (χ2v) is 4.84. The summed E-state index contributed by atoms with van der Waals surface area (Å²) in [5, 5.41) is 1.09. The molecule has 0 radical (unpaired) electrons. The molecule has 0 aliphatic rings. The molecule has 0 spiro atoms. The van der Waals surface area contributed by atoms with Crippen LogP contribution in [0.15, 0.2) is 30.5 Å². The number of nitrogens with two attached hydrogens (primary N) is 1. The van der Waals surface area contributed by atoms with Gasteiger partial charge in [0, 0.05) is 16.6 Å². The molecule has 84 valence electrons. The molecule has 2 nitrogen and oxygen atoms in total. The fourth-order valence-corrected chi connectivity index (χ4v) is 2.51. The molecular weight excluding hydrogens is 216 g/mol. The third-order valence-corrected chi connectivity index (χ3v) is 3.66. The predicted octanol–water partition coefficient (Wildman–Crippen LogP) is 2.87. The van der Waals surface area contributed by atoms with Gasteiger partial charge in [-0.2, -0.15) is 0 Å². The van der Waals surface area contributed by atoms with Gasteiger partial charge >= 0.3 is 0 Å². The maximum absolute atomic E-state index is 5.53. The number of hydrogen-bond donors (Lipinski definition) is 1. The summed E-state index contributed by atoms with van der Waals surface area (Å²) in [5.41, 5.74) is 8.09. The Morgan fingerprint density at radius 3 is 2.62 bits per heavy atom. The van der Waals surface area contributed by atoms with E-state index in [-0.39, 0.29) is 0 Å². The lowest BCUT2D eigenvalue weighted by Crippen LogP contribution is -2.00. The van der Waals surface area contributed by atoms with Crippen LogP contribution in [0.3, 0.4) is 0 Å². The number of thiazole rings is 1. The summed E-state index contributed by atoms with van der Waals surface area (Å²) in [6.45, 7) is 2.86. The number of nitrogens with zero attached hydrogens (tertiary/aromatic N) is 1. The largest absolute Gasteiger partial charge is 0.330 e. The highest BCUT2D eigenvalue weighted by Crippen LogP contribution is 2.25. The lowest BCUT2D eigenvalue weighted by molar-refractivity contribution is 0.984. The van der Waals surface area contributed by atoms with Crippen LogP contribution in [0.1, 0.15) is 17.4 Å². The Labute approximate surface area is 100 Å². The Bertz CT molecular complexity index is 445. The number of aromatic nitrogens is 1. The van der Waals surface area contributed by atoms with Gasteiger partial charge in [-0.1, -0.05) is 31.2 Å². The van der Waals surface area contributed by atoms with Crippen molar-refractivity contribution in [1.29, 1.82) is 0 Å². The van der Waals surface area contributed by atoms with Crippen LogP contribution in [0.2, 0.25) is 0 Å². The molecular formula is C13H16N2S. The lowest BCUT2D eigenvalue weighted by atomic mass is 10.1. The van der Waals surface area contributed by atoms with Gasteiger partial charge < -0.3 is 5.73 Å². The first-order valence-corrected chi connectivity index (χ1v) is 6.39. The molecule has 2 aromatic rings. The minimum atomic E-state index is 0.691. The van der Waals surface area contributed by atoms with Gasteiger partial charge in [-0.05, 0) is 24.9 Å². The van der Waals surface area contributed by atoms with E-state index in [9.17, 15) is 0 Å². The Hall–Kier alpha value is -1.19. The summed E-state index contributed by atoms with van der Waals surface area (Å²) in [6.07, 6.45) is 3.93. The average Bonchev–Trinajstić information content (AvgIpc) is 2.78. The second-order valence-electron chi connectivity index (χ2n) is 3.72. The van der Waals surface area contributed by atoms with Crippen LogP contribution in [-0.4, -0.2) is 11.5 Å². The zero-order valence-electron chi connectivity index (χ0n) is 9.44. The summed E-state index contributed by atoms with van der Waals surface area (Å²) in [5.74, 6) is 0. The maximum Gasteiger partial charge on any atom is 0.123 e. The molecule has 1 aromatic carbocycles. The monoisotopic (exact) mass is 232 g/mol. The van der Waals surface area contributed by atoms with Crippen LogP contribution in [0.5, 0.6) is 0 Å². The zero-order valence-corrected chi connectivity index (χ0v) is 10.3. The van der Waals surface area contributed by atoms with Crippen molar-refractivity contribution in [2.75, 3.05) is 6.54 Å². The number of rotatable bonds is 4. The van der Waals surface area contributed by atoms with Gasteiger partial charge in [0.25, 0.3) is 0 Å². The molecule has 0 aliphatic heterocycles. The van der Waals surface area contributed by atoms with Gasteiger partial charge in [0.1, 0.15) is 5.01 Å². The first-order chi connectivity index (χ1) is 7.83. The molecule has 2 N–H and O–H groups in total. The third kappa shape index (κ3) is 2.49. The van der Waals surface area contributed by atoms with E-state index < -0.39 is 0 Å². The van der Waals surface area contributed by atoms with E-state index in [4.69, 9.17) is 5.73 Å². The van der Waals surface area contributed by atoms with E-state index >= 15 is 0 Å². The van der Waals surface area contributed by atoms with Crippen molar-refractivity contribution in [3.8, 4) is 10.6 Å². The highest BCUT2D eigenvalue weighted by Gasteiger charge is 2.03. The Morgan fingerprint density at radius 2 is 2.00 bits per heavy atom. The van der Waals surface area contributed by atoms with Crippen LogP contribution >= 0.6 is 11.3 Å². The number of aryl methyl sites for hydroxylation is 1. The Balaban J connectivity index is 2.21. The van der Waals surface area contributed by atoms with Crippen molar-refractivity contribution >= 4 is 11.3 Å². The van der Waals surface area contributed by atoms with Crippen LogP contribution in [0, 0.1) is 0 Å². The molecule has 0 bridgehead atoms. The summed E-state index contributed by atoms with van der Waals surface area (Å²) >= 11 is 1.73. The molecule has 0 atom stereocenters. The van der Waals surface area contributed by atoms with Gasteiger partial charge in [-0.3, -0.25) is 0 Å². The minimum Gasteiger partial charge on any atom is -0.330 e. The molecule has 2 rings (SSSR count). The quantitative estimate of drug-likeness (QED) is 0.880. The first kappa shape index (κ1) is 11.3. The van der Waals surface area contributed by atoms with Gasteiger partial charge in [0.2, 0.25) is 0 Å². The van der Waals surface area contributed by atoms with E-state index in [1.165, 1.54) is 16.0 Å².